The first-order chi connectivity index (χ1) is 8.56. The Morgan fingerprint density at radius 2 is 1.50 bits per heavy atom. The lowest BCUT2D eigenvalue weighted by molar-refractivity contribution is -0.144. The number of nitrogens with two attached hydrogens (primary N) is 2. The highest BCUT2D eigenvalue weighted by Crippen LogP contribution is 2.20. The maximum absolute atomic E-state index is 11.2. The average molecular weight is 258 g/mol. The van der Waals surface area contributed by atoms with Gasteiger partial charge in [0.15, 0.2) is 0 Å². The molecule has 18 heavy (non-hydrogen) atoms. The van der Waals surface area contributed by atoms with Crippen molar-refractivity contribution in [3.8, 4) is 0 Å². The lowest BCUT2D eigenvalue weighted by atomic mass is 9.87. The highest BCUT2D eigenvalue weighted by Gasteiger charge is 2.32. The van der Waals surface area contributed by atoms with E-state index in [1.54, 1.807) is 0 Å². The van der Waals surface area contributed by atoms with E-state index >= 15 is 0 Å². The van der Waals surface area contributed by atoms with Crippen molar-refractivity contribution in [1.82, 2.24) is 0 Å². The monoisotopic (exact) mass is 258 g/mol. The maximum atomic E-state index is 11.2. The first kappa shape index (κ1) is 17.4. The average Bonchev–Trinajstić information content (AvgIpc) is 2.34. The quantitative estimate of drug-likeness (QED) is 0.469. The first-order valence-electron chi connectivity index (χ1n) is 7.29. The van der Waals surface area contributed by atoms with Crippen LogP contribution in [0, 0.1) is 0 Å². The molecule has 0 bridgehead atoms. The summed E-state index contributed by atoms with van der Waals surface area (Å²) in [5.41, 5.74) is 10.4. The SMILES string of the molecule is CCCCCCCC[C@](N)(CCCCN)C(=O)O. The minimum atomic E-state index is -1.04. The van der Waals surface area contributed by atoms with Crippen LogP contribution in [0.1, 0.15) is 71.1 Å². The van der Waals surface area contributed by atoms with E-state index in [1.807, 2.05) is 0 Å². The lowest BCUT2D eigenvalue weighted by Crippen LogP contribution is -2.47. The van der Waals surface area contributed by atoms with Crippen LogP contribution >= 0.6 is 0 Å². The molecule has 0 heterocycles. The molecule has 5 N–H and O–H groups in total. The standard InChI is InChI=1S/C14H30N2O2/c1-2-3-4-5-6-7-10-14(16,13(17)18)11-8-9-12-15/h2-12,15-16H2,1H3,(H,17,18)/t14-/m0/s1. The number of unbranched alkanes of at least 4 members (excludes halogenated alkanes) is 6. The van der Waals surface area contributed by atoms with Gasteiger partial charge in [0.2, 0.25) is 0 Å². The van der Waals surface area contributed by atoms with Gasteiger partial charge in [0.05, 0.1) is 0 Å². The summed E-state index contributed by atoms with van der Waals surface area (Å²) < 4.78 is 0. The van der Waals surface area contributed by atoms with Crippen LogP contribution in [0.4, 0.5) is 0 Å². The summed E-state index contributed by atoms with van der Waals surface area (Å²) in [6, 6.07) is 0. The van der Waals surface area contributed by atoms with E-state index in [1.165, 1.54) is 25.7 Å². The number of hydrogen-bond donors (Lipinski definition) is 3. The number of carbonyl (C=O) groups is 1. The first-order valence-corrected chi connectivity index (χ1v) is 7.29. The zero-order valence-electron chi connectivity index (χ0n) is 11.8. The highest BCUT2D eigenvalue weighted by atomic mass is 16.4. The molecule has 0 spiro atoms. The van der Waals surface area contributed by atoms with E-state index in [2.05, 4.69) is 6.92 Å². The molecule has 4 nitrogen and oxygen atoms in total. The Hall–Kier alpha value is -0.610. The van der Waals surface area contributed by atoms with Crippen LogP contribution in [-0.4, -0.2) is 23.2 Å². The summed E-state index contributed by atoms with van der Waals surface area (Å²) in [6.07, 6.45) is 9.70. The van der Waals surface area contributed by atoms with Crippen molar-refractivity contribution in [2.75, 3.05) is 6.54 Å². The van der Waals surface area contributed by atoms with Gasteiger partial charge in [-0.05, 0) is 32.2 Å². The van der Waals surface area contributed by atoms with E-state index in [-0.39, 0.29) is 0 Å². The fourth-order valence-electron chi connectivity index (χ4n) is 2.14. The number of carboxylic acid groups (broad SMARTS) is 1. The Bertz CT molecular complexity index is 222. The molecule has 0 aliphatic carbocycles. The summed E-state index contributed by atoms with van der Waals surface area (Å²) in [7, 11) is 0. The van der Waals surface area contributed by atoms with Gasteiger partial charge in [-0.25, -0.2) is 0 Å². The lowest BCUT2D eigenvalue weighted by Gasteiger charge is -2.24. The molecule has 0 saturated heterocycles. The maximum Gasteiger partial charge on any atom is 0.323 e. The number of aliphatic carboxylic acids is 1. The number of hydrogen-bond acceptors (Lipinski definition) is 3. The Kier molecular flexibility index (Phi) is 9.98. The fourth-order valence-corrected chi connectivity index (χ4v) is 2.14. The van der Waals surface area contributed by atoms with Gasteiger partial charge in [-0.15, -0.1) is 0 Å². The van der Waals surface area contributed by atoms with Crippen LogP contribution in [0.5, 0.6) is 0 Å². The number of carboxylic acids is 1. The van der Waals surface area contributed by atoms with Crippen LogP contribution in [0.15, 0.2) is 0 Å². The molecule has 4 heteroatoms. The number of rotatable bonds is 12. The Morgan fingerprint density at radius 3 is 2.00 bits per heavy atom. The van der Waals surface area contributed by atoms with Gasteiger partial charge in [0.25, 0.3) is 0 Å². The minimum absolute atomic E-state index is 0.536. The second-order valence-corrected chi connectivity index (χ2v) is 5.22. The van der Waals surface area contributed by atoms with Crippen LogP contribution < -0.4 is 11.5 Å². The summed E-state index contributed by atoms with van der Waals surface area (Å²) in [5, 5.41) is 9.22. The van der Waals surface area contributed by atoms with Crippen LogP contribution in [0.3, 0.4) is 0 Å². The molecule has 0 aromatic rings. The molecule has 0 aromatic heterocycles. The fraction of sp³-hybridized carbons (Fsp3) is 0.929. The molecule has 0 amide bonds. The molecule has 0 rings (SSSR count). The highest BCUT2D eigenvalue weighted by molar-refractivity contribution is 5.78. The molecule has 0 radical (unpaired) electrons. The Morgan fingerprint density at radius 1 is 1.00 bits per heavy atom. The van der Waals surface area contributed by atoms with Crippen molar-refractivity contribution in [2.45, 2.75) is 76.7 Å². The summed E-state index contributed by atoms with van der Waals surface area (Å²) >= 11 is 0. The van der Waals surface area contributed by atoms with Gasteiger partial charge >= 0.3 is 5.97 Å². The predicted molar refractivity (Wildman–Crippen MR) is 75.5 cm³/mol. The van der Waals surface area contributed by atoms with E-state index in [0.29, 0.717) is 19.4 Å². The molecular formula is C14H30N2O2. The summed E-state index contributed by atoms with van der Waals surface area (Å²) in [6.45, 7) is 2.79. The smallest absolute Gasteiger partial charge is 0.323 e. The Balaban J connectivity index is 3.84. The van der Waals surface area contributed by atoms with Gasteiger partial charge in [0.1, 0.15) is 5.54 Å². The van der Waals surface area contributed by atoms with Crippen molar-refractivity contribution in [3.05, 3.63) is 0 Å². The van der Waals surface area contributed by atoms with Crippen molar-refractivity contribution < 1.29 is 9.90 Å². The molecular weight excluding hydrogens is 228 g/mol. The van der Waals surface area contributed by atoms with Gasteiger partial charge in [0, 0.05) is 0 Å². The second kappa shape index (κ2) is 10.3. The molecule has 0 aliphatic rings. The van der Waals surface area contributed by atoms with Crippen LogP contribution in [0.2, 0.25) is 0 Å². The zero-order chi connectivity index (χ0) is 13.9. The molecule has 0 saturated carbocycles. The molecule has 108 valence electrons. The van der Waals surface area contributed by atoms with Gasteiger partial charge in [-0.2, -0.15) is 0 Å². The van der Waals surface area contributed by atoms with E-state index in [0.717, 1.165) is 25.7 Å². The van der Waals surface area contributed by atoms with Crippen LogP contribution in [-0.2, 0) is 4.79 Å². The molecule has 0 unspecified atom stereocenters. The van der Waals surface area contributed by atoms with Gasteiger partial charge < -0.3 is 16.6 Å². The van der Waals surface area contributed by atoms with Gasteiger partial charge in [-0.1, -0.05) is 45.4 Å². The molecule has 0 aromatic carbocycles. The third-order valence-corrected chi connectivity index (χ3v) is 3.48. The third-order valence-electron chi connectivity index (χ3n) is 3.48. The Labute approximate surface area is 111 Å². The molecule has 0 aliphatic heterocycles. The summed E-state index contributed by atoms with van der Waals surface area (Å²) in [4.78, 5) is 11.2. The zero-order valence-corrected chi connectivity index (χ0v) is 11.8. The summed E-state index contributed by atoms with van der Waals surface area (Å²) in [5.74, 6) is -0.868. The predicted octanol–water partition coefficient (Wildman–Crippen LogP) is 2.65. The van der Waals surface area contributed by atoms with Gasteiger partial charge in [-0.3, -0.25) is 4.79 Å². The largest absolute Gasteiger partial charge is 0.480 e. The molecule has 0 fully saturated rings. The van der Waals surface area contributed by atoms with Crippen LogP contribution in [0.25, 0.3) is 0 Å². The third kappa shape index (κ3) is 7.67. The normalized spacial score (nSPS) is 14.4. The van der Waals surface area contributed by atoms with Crippen molar-refractivity contribution in [3.63, 3.8) is 0 Å². The van der Waals surface area contributed by atoms with Crippen molar-refractivity contribution >= 4 is 5.97 Å². The van der Waals surface area contributed by atoms with E-state index < -0.39 is 11.5 Å². The van der Waals surface area contributed by atoms with E-state index in [9.17, 15) is 9.90 Å². The second-order valence-electron chi connectivity index (χ2n) is 5.22. The molecule has 1 atom stereocenters. The topological polar surface area (TPSA) is 89.3 Å². The van der Waals surface area contributed by atoms with Crippen molar-refractivity contribution in [2.24, 2.45) is 11.5 Å². The van der Waals surface area contributed by atoms with E-state index in [4.69, 9.17) is 11.5 Å². The van der Waals surface area contributed by atoms with Crippen molar-refractivity contribution in [1.29, 1.82) is 0 Å². The minimum Gasteiger partial charge on any atom is -0.480 e.